The van der Waals surface area contributed by atoms with Gasteiger partial charge in [0.2, 0.25) is 5.91 Å². The van der Waals surface area contributed by atoms with Gasteiger partial charge in [0.25, 0.3) is 0 Å². The van der Waals surface area contributed by atoms with E-state index in [0.29, 0.717) is 29.1 Å². The zero-order valence-corrected chi connectivity index (χ0v) is 16.9. The number of piperidine rings is 1. The van der Waals surface area contributed by atoms with E-state index in [2.05, 4.69) is 21.9 Å². The van der Waals surface area contributed by atoms with Crippen molar-refractivity contribution >= 4 is 17.5 Å². The number of benzene rings is 1. The molecule has 29 heavy (non-hydrogen) atoms. The highest BCUT2D eigenvalue weighted by Gasteiger charge is 2.22. The molecule has 8 nitrogen and oxygen atoms in total. The molecule has 1 aromatic heterocycles. The monoisotopic (exact) mass is 397 g/mol. The smallest absolute Gasteiger partial charge is 0.245 e. The lowest BCUT2D eigenvalue weighted by Gasteiger charge is -2.31. The molecule has 0 bridgehead atoms. The number of nitrogens with two attached hydrogens (primary N) is 1. The largest absolute Gasteiger partial charge is 0.493 e. The van der Waals surface area contributed by atoms with Crippen molar-refractivity contribution in [3.05, 3.63) is 37.2 Å². The molecule has 0 aliphatic carbocycles. The van der Waals surface area contributed by atoms with Crippen molar-refractivity contribution in [2.75, 3.05) is 44.9 Å². The molecule has 1 fully saturated rings. The van der Waals surface area contributed by atoms with Crippen LogP contribution in [0.2, 0.25) is 0 Å². The number of ether oxygens (including phenoxy) is 2. The van der Waals surface area contributed by atoms with Crippen molar-refractivity contribution in [2.45, 2.75) is 12.8 Å². The number of methoxy groups -OCH3 is 2. The number of likely N-dealkylation sites (tertiary alicyclic amines) is 1. The topological polar surface area (TPSA) is 103 Å². The summed E-state index contributed by atoms with van der Waals surface area (Å²) in [7, 11) is 3.19. The SMILES string of the molecule is C=CC(=O)N1CCC(CNc2ncnc(N)c2-c2ccc(OC)c(OC)c2)CC1. The maximum absolute atomic E-state index is 11.7. The highest BCUT2D eigenvalue weighted by molar-refractivity contribution is 5.87. The summed E-state index contributed by atoms with van der Waals surface area (Å²) in [6.07, 6.45) is 4.68. The minimum absolute atomic E-state index is 0.00396. The van der Waals surface area contributed by atoms with Gasteiger partial charge in [0.05, 0.1) is 19.8 Å². The average molecular weight is 397 g/mol. The molecule has 8 heteroatoms. The molecule has 1 amide bonds. The van der Waals surface area contributed by atoms with Crippen LogP contribution in [-0.4, -0.2) is 54.6 Å². The van der Waals surface area contributed by atoms with Crippen LogP contribution >= 0.6 is 0 Å². The molecule has 1 saturated heterocycles. The first-order valence-corrected chi connectivity index (χ1v) is 9.55. The highest BCUT2D eigenvalue weighted by atomic mass is 16.5. The Kier molecular flexibility index (Phi) is 6.54. The second-order valence-electron chi connectivity index (χ2n) is 6.91. The Morgan fingerprint density at radius 2 is 2.00 bits per heavy atom. The summed E-state index contributed by atoms with van der Waals surface area (Å²) < 4.78 is 10.7. The summed E-state index contributed by atoms with van der Waals surface area (Å²) in [4.78, 5) is 22.1. The molecule has 0 unspecified atom stereocenters. The summed E-state index contributed by atoms with van der Waals surface area (Å²) in [5.74, 6) is 2.75. The average Bonchev–Trinajstić information content (AvgIpc) is 2.77. The Labute approximate surface area is 170 Å². The minimum Gasteiger partial charge on any atom is -0.493 e. The molecular weight excluding hydrogens is 370 g/mol. The molecule has 1 aromatic carbocycles. The zero-order valence-electron chi connectivity index (χ0n) is 16.9. The van der Waals surface area contributed by atoms with Crippen molar-refractivity contribution in [3.8, 4) is 22.6 Å². The summed E-state index contributed by atoms with van der Waals surface area (Å²) in [6, 6.07) is 5.59. The maximum Gasteiger partial charge on any atom is 0.245 e. The van der Waals surface area contributed by atoms with E-state index in [1.165, 1.54) is 12.4 Å². The number of amides is 1. The molecule has 2 heterocycles. The predicted molar refractivity (Wildman–Crippen MR) is 113 cm³/mol. The van der Waals surface area contributed by atoms with Gasteiger partial charge in [-0.2, -0.15) is 0 Å². The Morgan fingerprint density at radius 1 is 1.28 bits per heavy atom. The number of hydrogen-bond acceptors (Lipinski definition) is 7. The Morgan fingerprint density at radius 3 is 2.66 bits per heavy atom. The van der Waals surface area contributed by atoms with Crippen LogP contribution in [0.25, 0.3) is 11.1 Å². The molecule has 0 atom stereocenters. The van der Waals surface area contributed by atoms with E-state index >= 15 is 0 Å². The molecule has 0 radical (unpaired) electrons. The van der Waals surface area contributed by atoms with Gasteiger partial charge < -0.3 is 25.4 Å². The van der Waals surface area contributed by atoms with Gasteiger partial charge >= 0.3 is 0 Å². The maximum atomic E-state index is 11.7. The lowest BCUT2D eigenvalue weighted by molar-refractivity contribution is -0.127. The van der Waals surface area contributed by atoms with Crippen LogP contribution in [0.5, 0.6) is 11.5 Å². The van der Waals surface area contributed by atoms with Crippen LogP contribution < -0.4 is 20.5 Å². The number of aromatic nitrogens is 2. The van der Waals surface area contributed by atoms with Crippen LogP contribution in [0.3, 0.4) is 0 Å². The third-order valence-electron chi connectivity index (χ3n) is 5.21. The quantitative estimate of drug-likeness (QED) is 0.692. The number of nitrogens with zero attached hydrogens (tertiary/aromatic N) is 3. The molecule has 3 N–H and O–H groups in total. The van der Waals surface area contributed by atoms with Gasteiger partial charge in [0.1, 0.15) is 18.0 Å². The fourth-order valence-corrected chi connectivity index (χ4v) is 3.54. The number of nitrogens with one attached hydrogen (secondary N) is 1. The van der Waals surface area contributed by atoms with Gasteiger partial charge in [-0.15, -0.1) is 0 Å². The fourth-order valence-electron chi connectivity index (χ4n) is 3.54. The van der Waals surface area contributed by atoms with E-state index in [-0.39, 0.29) is 5.91 Å². The van der Waals surface area contributed by atoms with E-state index in [1.807, 2.05) is 23.1 Å². The third kappa shape index (κ3) is 4.59. The van der Waals surface area contributed by atoms with Gasteiger partial charge in [0.15, 0.2) is 11.5 Å². The zero-order chi connectivity index (χ0) is 20.8. The number of carbonyl (C=O) groups excluding carboxylic acids is 1. The van der Waals surface area contributed by atoms with Gasteiger partial charge in [0, 0.05) is 19.6 Å². The Hall–Kier alpha value is -3.29. The molecule has 2 aromatic rings. The summed E-state index contributed by atoms with van der Waals surface area (Å²) in [5.41, 5.74) is 7.75. The number of anilines is 2. The lowest BCUT2D eigenvalue weighted by atomic mass is 9.96. The Bertz CT molecular complexity index is 879. The van der Waals surface area contributed by atoms with Crippen molar-refractivity contribution in [2.24, 2.45) is 5.92 Å². The molecular formula is C21H27N5O3. The summed E-state index contributed by atoms with van der Waals surface area (Å²) >= 11 is 0. The second-order valence-corrected chi connectivity index (χ2v) is 6.91. The van der Waals surface area contributed by atoms with Crippen LogP contribution in [-0.2, 0) is 4.79 Å². The van der Waals surface area contributed by atoms with Crippen LogP contribution in [0.4, 0.5) is 11.6 Å². The lowest BCUT2D eigenvalue weighted by Crippen LogP contribution is -2.39. The number of rotatable bonds is 7. The third-order valence-corrected chi connectivity index (χ3v) is 5.21. The fraction of sp³-hybridized carbons (Fsp3) is 0.381. The summed E-state index contributed by atoms with van der Waals surface area (Å²) in [5, 5.41) is 3.42. The van der Waals surface area contributed by atoms with E-state index in [9.17, 15) is 4.79 Å². The molecule has 154 valence electrons. The number of hydrogen-bond donors (Lipinski definition) is 2. The van der Waals surface area contributed by atoms with E-state index in [0.717, 1.165) is 43.6 Å². The first-order valence-electron chi connectivity index (χ1n) is 9.55. The van der Waals surface area contributed by atoms with Gasteiger partial charge in [-0.3, -0.25) is 4.79 Å². The number of carbonyl (C=O) groups is 1. The molecule has 0 saturated carbocycles. The molecule has 1 aliphatic rings. The van der Waals surface area contributed by atoms with Crippen LogP contribution in [0.15, 0.2) is 37.2 Å². The van der Waals surface area contributed by atoms with Crippen molar-refractivity contribution in [3.63, 3.8) is 0 Å². The number of nitrogen functional groups attached to an aromatic ring is 1. The highest BCUT2D eigenvalue weighted by Crippen LogP contribution is 2.37. The summed E-state index contributed by atoms with van der Waals surface area (Å²) in [6.45, 7) is 5.78. The van der Waals surface area contributed by atoms with E-state index in [1.54, 1.807) is 14.2 Å². The van der Waals surface area contributed by atoms with E-state index < -0.39 is 0 Å². The predicted octanol–water partition coefficient (Wildman–Crippen LogP) is 2.58. The van der Waals surface area contributed by atoms with Crippen molar-refractivity contribution < 1.29 is 14.3 Å². The normalized spacial score (nSPS) is 14.3. The Balaban J connectivity index is 1.74. The van der Waals surface area contributed by atoms with E-state index in [4.69, 9.17) is 15.2 Å². The minimum atomic E-state index is -0.00396. The van der Waals surface area contributed by atoms with Gasteiger partial charge in [-0.25, -0.2) is 9.97 Å². The standard InChI is InChI=1S/C21H27N5O3/c1-4-18(27)26-9-7-14(8-10-26)12-23-21-19(20(22)24-13-25-21)15-5-6-16(28-2)17(11-15)29-3/h4-6,11,13-14H,1,7-10,12H2,2-3H3,(H3,22,23,24,25). The first kappa shape index (κ1) is 20.4. The van der Waals surface area contributed by atoms with Crippen molar-refractivity contribution in [1.82, 2.24) is 14.9 Å². The second kappa shape index (κ2) is 9.27. The molecule has 0 spiro atoms. The van der Waals surface area contributed by atoms with Crippen molar-refractivity contribution in [1.29, 1.82) is 0 Å². The van der Waals surface area contributed by atoms with Gasteiger partial charge in [-0.1, -0.05) is 12.6 Å². The molecule has 1 aliphatic heterocycles. The van der Waals surface area contributed by atoms with Gasteiger partial charge in [-0.05, 0) is 42.5 Å². The van der Waals surface area contributed by atoms with Crippen LogP contribution in [0, 0.1) is 5.92 Å². The first-order chi connectivity index (χ1) is 14.1. The van der Waals surface area contributed by atoms with Crippen LogP contribution in [0.1, 0.15) is 12.8 Å². The molecule has 3 rings (SSSR count).